The molecule has 0 saturated carbocycles. The number of allylic oxidation sites excluding steroid dienone is 1. The first kappa shape index (κ1) is 58.5. The van der Waals surface area contributed by atoms with Crippen molar-refractivity contribution in [3.63, 3.8) is 0 Å². The largest absolute Gasteiger partial charge is 0.495 e. The number of fused-ring (bicyclic) bond motifs is 4. The molecule has 74 heavy (non-hydrogen) atoms. The number of hydrogen-bond acceptors (Lipinski definition) is 11. The van der Waals surface area contributed by atoms with E-state index in [0.29, 0.717) is 40.4 Å². The summed E-state index contributed by atoms with van der Waals surface area (Å²) in [7, 11) is 0.870. The molecule has 0 atom stereocenters. The number of unbranched alkanes of at least 4 members (excludes halogenated alkanes) is 2. The molecule has 11 nitrogen and oxygen atoms in total. The van der Waals surface area contributed by atoms with Crippen LogP contribution < -0.4 is 4.74 Å². The Hall–Kier alpha value is -6.34. The van der Waals surface area contributed by atoms with Crippen molar-refractivity contribution >= 4 is 47.0 Å². The van der Waals surface area contributed by atoms with Crippen molar-refractivity contribution in [2.75, 3.05) is 27.5 Å². The average Bonchev–Trinajstić information content (AvgIpc) is 3.40. The van der Waals surface area contributed by atoms with Crippen molar-refractivity contribution in [3.8, 4) is 11.8 Å². The van der Waals surface area contributed by atoms with Gasteiger partial charge in [-0.15, -0.1) is 0 Å². The van der Waals surface area contributed by atoms with Crippen LogP contribution in [0.3, 0.4) is 0 Å². The third-order valence-electron chi connectivity index (χ3n) is 12.4. The van der Waals surface area contributed by atoms with Gasteiger partial charge in [0.25, 0.3) is 0 Å². The average molecular weight is 1050 g/mol. The maximum atomic E-state index is 12.8. The highest BCUT2D eigenvalue weighted by Gasteiger charge is 2.31. The molecule has 0 N–H and O–H groups in total. The van der Waals surface area contributed by atoms with E-state index < -0.39 is 31.1 Å². The number of methoxy groups -OCH3 is 1. The van der Waals surface area contributed by atoms with Crippen LogP contribution in [0.1, 0.15) is 122 Å². The molecule has 18 heteroatoms. The number of aromatic nitrogens is 4. The smallest absolute Gasteiger partial charge is 0.416 e. The molecule has 0 radical (unpaired) electrons. The zero-order chi connectivity index (χ0) is 53.7. The number of rotatable bonds is 17. The van der Waals surface area contributed by atoms with Gasteiger partial charge < -0.3 is 13.8 Å². The monoisotopic (exact) mass is 1050 g/mol. The number of alkyl halides is 6. The number of nitriles is 1. The molecule has 0 bridgehead atoms. The number of ether oxygens (including phenoxy) is 1. The standard InChI is InChI=1S/C26H25F3N2O.C17H26NO4P.C11H8F3NO.C2H3N/c27-26(28,29)21-12-10-20-15-18(17-30-25(20)16-21)9-14-23(32)7-3-2-6-22-13-11-19-5-1-4-8-24(19)31-22;1-21-23(20,22-2)13-16(19)9-5-4-8-15-12-11-14-7-3-6-10-17(14)18-15;1-16-9-4-7-2-3-8(11(12,13)14)5-10(7)15-6-9;1-2-3/h9-17H,1-8H2;11-12H,3-10,13H2,1-2H3;2-6H,1H3;1H3/b14-9+;;;. The molecule has 0 amide bonds. The summed E-state index contributed by atoms with van der Waals surface area (Å²) in [5.74, 6) is 0.471. The maximum Gasteiger partial charge on any atom is 0.416 e. The Morgan fingerprint density at radius 3 is 1.65 bits per heavy atom. The van der Waals surface area contributed by atoms with Crippen LogP contribution in [-0.4, -0.2) is 59.0 Å². The van der Waals surface area contributed by atoms with E-state index in [9.17, 15) is 40.5 Å². The third-order valence-corrected chi connectivity index (χ3v) is 14.2. The number of Topliss-reactive ketones (excluding diaryl/α,β-unsaturated/α-hetero) is 1. The number of hydrogen-bond donors (Lipinski definition) is 0. The van der Waals surface area contributed by atoms with Gasteiger partial charge in [-0.25, -0.2) is 0 Å². The number of nitrogens with zero attached hydrogens (tertiary/aromatic N) is 5. The summed E-state index contributed by atoms with van der Waals surface area (Å²) in [5, 5.41) is 8.54. The van der Waals surface area contributed by atoms with Crippen LogP contribution in [-0.2, 0) is 74.1 Å². The first-order chi connectivity index (χ1) is 35.4. The van der Waals surface area contributed by atoms with Crippen LogP contribution in [0, 0.1) is 11.3 Å². The van der Waals surface area contributed by atoms with Crippen molar-refractivity contribution in [1.82, 2.24) is 19.9 Å². The lowest BCUT2D eigenvalue weighted by molar-refractivity contribution is -0.138. The molecule has 6 aromatic rings. The summed E-state index contributed by atoms with van der Waals surface area (Å²) in [6.45, 7) is 1.43. The Morgan fingerprint density at radius 2 is 1.15 bits per heavy atom. The van der Waals surface area contributed by atoms with Crippen molar-refractivity contribution < 1.29 is 54.3 Å². The summed E-state index contributed by atoms with van der Waals surface area (Å²) in [6, 6.07) is 20.7. The SMILES string of the molecule is CC#N.COP(=O)(CC(=O)CCCCc1ccc2c(n1)CCCC2)OC.COc1cnc2cc(C(F)(F)F)ccc2c1.O=C(/C=C/c1cnc2cc(C(F)(F)F)ccc2c1)CCCCc1ccc2c(n1)CCCC2. The minimum absolute atomic E-state index is 0.0240. The molecule has 2 aliphatic carbocycles. The lowest BCUT2D eigenvalue weighted by atomic mass is 9.95. The summed E-state index contributed by atoms with van der Waals surface area (Å²) in [5.41, 5.74) is 7.33. The number of carbonyl (C=O) groups is 2. The Labute approximate surface area is 428 Å². The van der Waals surface area contributed by atoms with Gasteiger partial charge in [0.15, 0.2) is 5.78 Å². The molecule has 8 rings (SSSR count). The third kappa shape index (κ3) is 18.5. The zero-order valence-corrected chi connectivity index (χ0v) is 43.1. The van der Waals surface area contributed by atoms with E-state index in [1.54, 1.807) is 24.3 Å². The van der Waals surface area contributed by atoms with E-state index in [2.05, 4.69) is 34.2 Å². The second kappa shape index (κ2) is 28.4. The second-order valence-corrected chi connectivity index (χ2v) is 20.1. The van der Waals surface area contributed by atoms with Gasteiger partial charge in [0.2, 0.25) is 0 Å². The fourth-order valence-corrected chi connectivity index (χ4v) is 9.33. The van der Waals surface area contributed by atoms with Gasteiger partial charge in [-0.3, -0.25) is 34.1 Å². The first-order valence-corrected chi connectivity index (χ1v) is 26.3. The summed E-state index contributed by atoms with van der Waals surface area (Å²) >= 11 is 0. The highest BCUT2D eigenvalue weighted by atomic mass is 31.2. The van der Waals surface area contributed by atoms with Crippen molar-refractivity contribution in [3.05, 3.63) is 142 Å². The Kier molecular flexibility index (Phi) is 22.4. The molecular formula is C56H62F6N5O6P. The molecule has 0 unspecified atom stereocenters. The van der Waals surface area contributed by atoms with E-state index in [-0.39, 0.29) is 23.2 Å². The number of ketones is 2. The summed E-state index contributed by atoms with van der Waals surface area (Å²) in [4.78, 5) is 41.6. The molecule has 0 spiro atoms. The predicted octanol–water partition coefficient (Wildman–Crippen LogP) is 14.0. The van der Waals surface area contributed by atoms with Gasteiger partial charge in [-0.1, -0.05) is 24.3 Å². The molecule has 0 aliphatic heterocycles. The summed E-state index contributed by atoms with van der Waals surface area (Å²) in [6.07, 6.45) is 12.6. The fraction of sp³-hybridized carbons (Fsp3) is 0.411. The van der Waals surface area contributed by atoms with E-state index in [1.807, 2.05) is 0 Å². The minimum Gasteiger partial charge on any atom is -0.495 e. The Balaban J connectivity index is 0.000000211. The van der Waals surface area contributed by atoms with Gasteiger partial charge >= 0.3 is 19.9 Å². The van der Waals surface area contributed by atoms with E-state index in [4.69, 9.17) is 29.0 Å². The number of benzene rings is 2. The minimum atomic E-state index is -4.39. The van der Waals surface area contributed by atoms with Crippen molar-refractivity contribution in [2.24, 2.45) is 0 Å². The quantitative estimate of drug-likeness (QED) is 0.0371. The van der Waals surface area contributed by atoms with Gasteiger partial charge in [0.05, 0.1) is 41.5 Å². The predicted molar refractivity (Wildman–Crippen MR) is 274 cm³/mol. The van der Waals surface area contributed by atoms with Crippen LogP contribution in [0.15, 0.2) is 91.3 Å². The van der Waals surface area contributed by atoms with Gasteiger partial charge in [-0.05, 0) is 167 Å². The molecule has 0 fully saturated rings. The Morgan fingerprint density at radius 1 is 0.662 bits per heavy atom. The van der Waals surface area contributed by atoms with Gasteiger partial charge in [0.1, 0.15) is 17.7 Å². The molecule has 2 aromatic carbocycles. The highest BCUT2D eigenvalue weighted by molar-refractivity contribution is 7.54. The van der Waals surface area contributed by atoms with Crippen LogP contribution in [0.25, 0.3) is 27.9 Å². The Bertz CT molecular complexity index is 2950. The van der Waals surface area contributed by atoms with Crippen molar-refractivity contribution in [2.45, 2.75) is 122 Å². The maximum absolute atomic E-state index is 12.8. The lowest BCUT2D eigenvalue weighted by Gasteiger charge is -2.15. The molecule has 4 aromatic heterocycles. The first-order valence-electron chi connectivity index (χ1n) is 24.5. The van der Waals surface area contributed by atoms with Gasteiger partial charge in [0, 0.05) is 73.7 Å². The normalized spacial score (nSPS) is 13.3. The van der Waals surface area contributed by atoms with E-state index in [1.165, 1.54) is 107 Å². The van der Waals surface area contributed by atoms with Crippen LogP contribution in [0.4, 0.5) is 26.3 Å². The zero-order valence-electron chi connectivity index (χ0n) is 42.2. The summed E-state index contributed by atoms with van der Waals surface area (Å²) < 4.78 is 102. The molecule has 394 valence electrons. The molecule has 4 heterocycles. The topological polar surface area (TPSA) is 154 Å². The second-order valence-electron chi connectivity index (χ2n) is 17.8. The number of carbonyl (C=O) groups excluding carboxylic acids is 2. The highest BCUT2D eigenvalue weighted by Crippen LogP contribution is 2.46. The molecular weight excluding hydrogens is 984 g/mol. The molecule has 2 aliphatic rings. The fourth-order valence-electron chi connectivity index (χ4n) is 8.33. The van der Waals surface area contributed by atoms with Gasteiger partial charge in [-0.2, -0.15) is 31.6 Å². The molecule has 0 saturated heterocycles. The number of pyridine rings is 4. The van der Waals surface area contributed by atoms with E-state index >= 15 is 0 Å². The van der Waals surface area contributed by atoms with Crippen molar-refractivity contribution in [1.29, 1.82) is 5.26 Å². The number of aryl methyl sites for hydroxylation is 6. The van der Waals surface area contributed by atoms with Crippen LogP contribution >= 0.6 is 7.60 Å². The lowest BCUT2D eigenvalue weighted by Crippen LogP contribution is -2.08. The van der Waals surface area contributed by atoms with Crippen LogP contribution in [0.2, 0.25) is 0 Å². The van der Waals surface area contributed by atoms with E-state index in [0.717, 1.165) is 99.9 Å². The van der Waals surface area contributed by atoms with Crippen LogP contribution in [0.5, 0.6) is 5.75 Å². The number of halogens is 6.